The summed E-state index contributed by atoms with van der Waals surface area (Å²) in [6, 6.07) is -0.512. The van der Waals surface area contributed by atoms with Gasteiger partial charge in [-0.15, -0.1) is 12.4 Å². The first-order valence-electron chi connectivity index (χ1n) is 3.32. The van der Waals surface area contributed by atoms with Crippen LogP contribution in [0.4, 0.5) is 0 Å². The molecule has 0 aromatic carbocycles. The molecule has 2 atom stereocenters. The van der Waals surface area contributed by atoms with Crippen LogP contribution in [0.2, 0.25) is 0 Å². The summed E-state index contributed by atoms with van der Waals surface area (Å²) in [5.41, 5.74) is 10.2. The van der Waals surface area contributed by atoms with Gasteiger partial charge >= 0.3 is 0 Å². The molecule has 0 heterocycles. The predicted molar refractivity (Wildman–Crippen MR) is 45.3 cm³/mol. The van der Waals surface area contributed by atoms with Crippen molar-refractivity contribution in [3.05, 3.63) is 0 Å². The van der Waals surface area contributed by atoms with Gasteiger partial charge in [0.25, 0.3) is 0 Å². The normalized spacial score (nSPS) is 14.8. The Morgan fingerprint density at radius 3 is 2.36 bits per heavy atom. The van der Waals surface area contributed by atoms with Gasteiger partial charge in [-0.2, -0.15) is 0 Å². The van der Waals surface area contributed by atoms with E-state index >= 15 is 0 Å². The van der Waals surface area contributed by atoms with E-state index in [0.29, 0.717) is 6.42 Å². The number of carbonyl (C=O) groups excluding carboxylic acids is 1. The molecule has 0 aromatic rings. The van der Waals surface area contributed by atoms with Gasteiger partial charge in [0.2, 0.25) is 5.91 Å². The SMILES string of the molecule is CCC[C@H](N)C(O)C(N)=O.Cl. The van der Waals surface area contributed by atoms with E-state index < -0.39 is 18.1 Å². The minimum absolute atomic E-state index is 0. The molecule has 11 heavy (non-hydrogen) atoms. The van der Waals surface area contributed by atoms with Crippen molar-refractivity contribution in [1.82, 2.24) is 0 Å². The zero-order valence-electron chi connectivity index (χ0n) is 6.49. The van der Waals surface area contributed by atoms with Crippen LogP contribution in [-0.4, -0.2) is 23.2 Å². The minimum Gasteiger partial charge on any atom is -0.382 e. The number of aliphatic hydroxyl groups is 1. The Morgan fingerprint density at radius 2 is 2.09 bits per heavy atom. The summed E-state index contributed by atoms with van der Waals surface area (Å²) < 4.78 is 0. The second kappa shape index (κ2) is 6.39. The van der Waals surface area contributed by atoms with E-state index in [1.807, 2.05) is 6.92 Å². The number of hydrogen-bond donors (Lipinski definition) is 3. The molecule has 0 aliphatic rings. The molecule has 1 amide bonds. The van der Waals surface area contributed by atoms with Gasteiger partial charge in [-0.3, -0.25) is 4.79 Å². The van der Waals surface area contributed by atoms with Crippen molar-refractivity contribution in [1.29, 1.82) is 0 Å². The topological polar surface area (TPSA) is 89.3 Å². The Morgan fingerprint density at radius 1 is 1.64 bits per heavy atom. The van der Waals surface area contributed by atoms with Crippen LogP contribution in [0.3, 0.4) is 0 Å². The monoisotopic (exact) mass is 182 g/mol. The molecular formula is C6H15ClN2O2. The van der Waals surface area contributed by atoms with Gasteiger partial charge in [-0.1, -0.05) is 13.3 Å². The van der Waals surface area contributed by atoms with E-state index in [4.69, 9.17) is 16.6 Å². The molecule has 0 bridgehead atoms. The van der Waals surface area contributed by atoms with Gasteiger partial charge in [0.15, 0.2) is 0 Å². The lowest BCUT2D eigenvalue weighted by Gasteiger charge is -2.13. The predicted octanol–water partition coefficient (Wildman–Crippen LogP) is -0.618. The number of carbonyl (C=O) groups is 1. The summed E-state index contributed by atoms with van der Waals surface area (Å²) in [6.45, 7) is 1.92. The molecule has 1 unspecified atom stereocenters. The third-order valence-electron chi connectivity index (χ3n) is 1.32. The highest BCUT2D eigenvalue weighted by atomic mass is 35.5. The molecule has 0 aliphatic heterocycles. The number of aliphatic hydroxyl groups excluding tert-OH is 1. The third-order valence-corrected chi connectivity index (χ3v) is 1.32. The van der Waals surface area contributed by atoms with Crippen LogP contribution < -0.4 is 11.5 Å². The Kier molecular flexibility index (Phi) is 7.72. The van der Waals surface area contributed by atoms with Crippen LogP contribution in [0.5, 0.6) is 0 Å². The Hall–Kier alpha value is -0.320. The first-order valence-corrected chi connectivity index (χ1v) is 3.32. The zero-order chi connectivity index (χ0) is 8.15. The standard InChI is InChI=1S/C6H14N2O2.ClH/c1-2-3-4(7)5(9)6(8)10;/h4-5,9H,2-3,7H2,1H3,(H2,8,10);1H/t4-,5?;/m0./s1. The number of rotatable bonds is 4. The van der Waals surface area contributed by atoms with Crippen LogP contribution in [0.1, 0.15) is 19.8 Å². The smallest absolute Gasteiger partial charge is 0.247 e. The molecule has 0 spiro atoms. The number of nitrogens with two attached hydrogens (primary N) is 2. The average Bonchev–Trinajstić information content (AvgIpc) is 1.87. The van der Waals surface area contributed by atoms with Gasteiger partial charge < -0.3 is 16.6 Å². The zero-order valence-corrected chi connectivity index (χ0v) is 7.30. The molecule has 0 saturated heterocycles. The highest BCUT2D eigenvalue weighted by Crippen LogP contribution is 1.97. The highest BCUT2D eigenvalue weighted by Gasteiger charge is 2.18. The van der Waals surface area contributed by atoms with Crippen molar-refractivity contribution in [2.75, 3.05) is 0 Å². The van der Waals surface area contributed by atoms with Gasteiger partial charge in [-0.25, -0.2) is 0 Å². The van der Waals surface area contributed by atoms with Crippen molar-refractivity contribution >= 4 is 18.3 Å². The fourth-order valence-electron chi connectivity index (χ4n) is 0.702. The molecule has 0 aliphatic carbocycles. The summed E-state index contributed by atoms with van der Waals surface area (Å²) in [7, 11) is 0. The van der Waals surface area contributed by atoms with Gasteiger partial charge in [0, 0.05) is 6.04 Å². The summed E-state index contributed by atoms with van der Waals surface area (Å²) in [5, 5.41) is 8.93. The Labute approximate surface area is 72.4 Å². The van der Waals surface area contributed by atoms with E-state index in [0.717, 1.165) is 6.42 Å². The fourth-order valence-corrected chi connectivity index (χ4v) is 0.702. The second-order valence-corrected chi connectivity index (χ2v) is 2.30. The molecule has 0 radical (unpaired) electrons. The average molecular weight is 183 g/mol. The van der Waals surface area contributed by atoms with Crippen LogP contribution in [0.25, 0.3) is 0 Å². The molecule has 5 heteroatoms. The van der Waals surface area contributed by atoms with E-state index in [2.05, 4.69) is 0 Å². The van der Waals surface area contributed by atoms with E-state index in [1.165, 1.54) is 0 Å². The van der Waals surface area contributed by atoms with Gasteiger partial charge in [-0.05, 0) is 6.42 Å². The highest BCUT2D eigenvalue weighted by molar-refractivity contribution is 5.85. The quantitative estimate of drug-likeness (QED) is 0.542. The third kappa shape index (κ3) is 5.01. The lowest BCUT2D eigenvalue weighted by atomic mass is 10.1. The van der Waals surface area contributed by atoms with E-state index in [1.54, 1.807) is 0 Å². The van der Waals surface area contributed by atoms with E-state index in [9.17, 15) is 4.79 Å². The number of primary amides is 1. The first kappa shape index (κ1) is 13.3. The maximum atomic E-state index is 10.3. The molecule has 5 N–H and O–H groups in total. The number of amides is 1. The largest absolute Gasteiger partial charge is 0.382 e. The van der Waals surface area contributed by atoms with Crippen molar-refractivity contribution in [3.63, 3.8) is 0 Å². The molecule has 0 saturated carbocycles. The lowest BCUT2D eigenvalue weighted by Crippen LogP contribution is -2.43. The van der Waals surface area contributed by atoms with Crippen LogP contribution in [-0.2, 0) is 4.79 Å². The Bertz CT molecular complexity index is 121. The second-order valence-electron chi connectivity index (χ2n) is 2.30. The summed E-state index contributed by atoms with van der Waals surface area (Å²) in [5.74, 6) is -0.749. The fraction of sp³-hybridized carbons (Fsp3) is 0.833. The summed E-state index contributed by atoms with van der Waals surface area (Å²) in [4.78, 5) is 10.3. The molecule has 68 valence electrons. The maximum Gasteiger partial charge on any atom is 0.247 e. The van der Waals surface area contributed by atoms with Crippen molar-refractivity contribution < 1.29 is 9.90 Å². The molecule has 0 rings (SSSR count). The lowest BCUT2D eigenvalue weighted by molar-refractivity contribution is -0.127. The molecular weight excluding hydrogens is 168 g/mol. The number of hydrogen-bond acceptors (Lipinski definition) is 3. The van der Waals surface area contributed by atoms with Gasteiger partial charge in [0.05, 0.1) is 0 Å². The van der Waals surface area contributed by atoms with Crippen LogP contribution >= 0.6 is 12.4 Å². The van der Waals surface area contributed by atoms with Crippen molar-refractivity contribution in [2.45, 2.75) is 31.9 Å². The van der Waals surface area contributed by atoms with Crippen LogP contribution in [0, 0.1) is 0 Å². The number of halogens is 1. The minimum atomic E-state index is -1.19. The maximum absolute atomic E-state index is 10.3. The Balaban J connectivity index is 0. The van der Waals surface area contributed by atoms with Gasteiger partial charge in [0.1, 0.15) is 6.10 Å². The molecule has 4 nitrogen and oxygen atoms in total. The van der Waals surface area contributed by atoms with Crippen molar-refractivity contribution in [3.8, 4) is 0 Å². The molecule has 0 fully saturated rings. The summed E-state index contributed by atoms with van der Waals surface area (Å²) >= 11 is 0. The van der Waals surface area contributed by atoms with E-state index in [-0.39, 0.29) is 12.4 Å². The summed E-state index contributed by atoms with van der Waals surface area (Å²) in [6.07, 6.45) is 0.259. The first-order chi connectivity index (χ1) is 4.59. The molecule has 0 aromatic heterocycles. The van der Waals surface area contributed by atoms with Crippen LogP contribution in [0.15, 0.2) is 0 Å². The van der Waals surface area contributed by atoms with Crippen molar-refractivity contribution in [2.24, 2.45) is 11.5 Å².